The van der Waals surface area contributed by atoms with Crippen LogP contribution in [0.3, 0.4) is 0 Å². The molecule has 0 aromatic heterocycles. The highest BCUT2D eigenvalue weighted by atomic mass is 35.5. The quantitative estimate of drug-likeness (QED) is 0.583. The summed E-state index contributed by atoms with van der Waals surface area (Å²) in [6, 6.07) is 11.9. The van der Waals surface area contributed by atoms with Crippen molar-refractivity contribution in [1.82, 2.24) is 5.43 Å². The van der Waals surface area contributed by atoms with Crippen LogP contribution >= 0.6 is 23.2 Å². The van der Waals surface area contributed by atoms with E-state index >= 15 is 0 Å². The molecule has 7 heteroatoms. The number of benzene rings is 2. The second kappa shape index (κ2) is 7.89. The van der Waals surface area contributed by atoms with Crippen molar-refractivity contribution in [1.29, 1.82) is 0 Å². The Labute approximate surface area is 161 Å². The van der Waals surface area contributed by atoms with Gasteiger partial charge in [0.25, 0.3) is 5.91 Å². The Bertz CT molecular complexity index is 892. The molecule has 1 fully saturated rings. The van der Waals surface area contributed by atoms with Crippen LogP contribution < -0.4 is 10.7 Å². The van der Waals surface area contributed by atoms with Crippen molar-refractivity contribution in [2.75, 3.05) is 5.32 Å². The maximum Gasteiger partial charge on any atom is 0.257 e. The summed E-state index contributed by atoms with van der Waals surface area (Å²) in [7, 11) is 0. The van der Waals surface area contributed by atoms with Crippen molar-refractivity contribution < 1.29 is 9.59 Å². The molecule has 3 rings (SSSR count). The van der Waals surface area contributed by atoms with E-state index in [0.29, 0.717) is 22.0 Å². The molecule has 0 spiro atoms. The van der Waals surface area contributed by atoms with Gasteiger partial charge in [0.1, 0.15) is 0 Å². The monoisotopic (exact) mass is 389 g/mol. The van der Waals surface area contributed by atoms with Crippen molar-refractivity contribution in [2.24, 2.45) is 11.0 Å². The highest BCUT2D eigenvalue weighted by Crippen LogP contribution is 2.28. The molecule has 2 aromatic rings. The summed E-state index contributed by atoms with van der Waals surface area (Å²) in [6.45, 7) is 1.80. The van der Waals surface area contributed by atoms with E-state index in [1.54, 1.807) is 37.3 Å². The van der Waals surface area contributed by atoms with Crippen LogP contribution in [0.1, 0.15) is 35.7 Å². The third-order valence-electron chi connectivity index (χ3n) is 4.00. The first-order valence-electron chi connectivity index (χ1n) is 8.15. The topological polar surface area (TPSA) is 70.6 Å². The Morgan fingerprint density at radius 3 is 2.58 bits per heavy atom. The van der Waals surface area contributed by atoms with Gasteiger partial charge in [-0.2, -0.15) is 5.10 Å². The number of carbonyl (C=O) groups excluding carboxylic acids is 2. The van der Waals surface area contributed by atoms with Gasteiger partial charge in [-0.15, -0.1) is 0 Å². The molecule has 0 atom stereocenters. The normalized spacial score (nSPS) is 14.0. The molecule has 0 bridgehead atoms. The number of rotatable bonds is 5. The molecule has 2 amide bonds. The molecule has 1 saturated carbocycles. The average Bonchev–Trinajstić information content (AvgIpc) is 3.44. The van der Waals surface area contributed by atoms with Crippen LogP contribution in [0.5, 0.6) is 0 Å². The van der Waals surface area contributed by atoms with E-state index in [4.69, 9.17) is 23.2 Å². The van der Waals surface area contributed by atoms with Crippen molar-refractivity contribution >= 4 is 46.4 Å². The van der Waals surface area contributed by atoms with E-state index in [1.165, 1.54) is 6.07 Å². The van der Waals surface area contributed by atoms with Crippen LogP contribution in [-0.4, -0.2) is 17.5 Å². The van der Waals surface area contributed by atoms with E-state index in [2.05, 4.69) is 15.8 Å². The number of amides is 2. The molecule has 134 valence electrons. The molecule has 5 nitrogen and oxygen atoms in total. The van der Waals surface area contributed by atoms with Crippen molar-refractivity contribution in [3.63, 3.8) is 0 Å². The fourth-order valence-electron chi connectivity index (χ4n) is 2.33. The average molecular weight is 390 g/mol. The SMILES string of the molecule is CC(=NNC(=O)C1CC1)c1cccc(NC(=O)c2ccc(Cl)cc2Cl)c1. The van der Waals surface area contributed by atoms with Gasteiger partial charge >= 0.3 is 0 Å². The molecule has 0 aliphatic heterocycles. The van der Waals surface area contributed by atoms with Crippen molar-refractivity contribution in [3.8, 4) is 0 Å². The Morgan fingerprint density at radius 2 is 1.88 bits per heavy atom. The Morgan fingerprint density at radius 1 is 1.12 bits per heavy atom. The molecule has 0 radical (unpaired) electrons. The first-order valence-corrected chi connectivity index (χ1v) is 8.90. The zero-order valence-electron chi connectivity index (χ0n) is 14.1. The summed E-state index contributed by atoms with van der Waals surface area (Å²) in [4.78, 5) is 24.1. The summed E-state index contributed by atoms with van der Waals surface area (Å²) in [5.74, 6) is -0.284. The fourth-order valence-corrected chi connectivity index (χ4v) is 2.83. The van der Waals surface area contributed by atoms with Gasteiger partial charge in [-0.25, -0.2) is 5.43 Å². The van der Waals surface area contributed by atoms with Crippen LogP contribution in [0.15, 0.2) is 47.6 Å². The lowest BCUT2D eigenvalue weighted by Crippen LogP contribution is -2.20. The fraction of sp³-hybridized carbons (Fsp3) is 0.211. The molecule has 1 aliphatic carbocycles. The van der Waals surface area contributed by atoms with Gasteiger partial charge in [0.2, 0.25) is 5.91 Å². The number of halogens is 2. The van der Waals surface area contributed by atoms with Crippen molar-refractivity contribution in [3.05, 3.63) is 63.6 Å². The molecule has 26 heavy (non-hydrogen) atoms. The summed E-state index contributed by atoms with van der Waals surface area (Å²) in [5, 5.41) is 7.67. The van der Waals surface area contributed by atoms with Gasteiger partial charge in [-0.3, -0.25) is 9.59 Å². The standard InChI is InChI=1S/C19H17Cl2N3O2/c1-11(23-24-18(25)12-5-6-12)13-3-2-4-15(9-13)22-19(26)16-8-7-14(20)10-17(16)21/h2-4,7-10,12H,5-6H2,1H3,(H,22,26)(H,24,25). The Hall–Kier alpha value is -2.37. The number of nitrogens with zero attached hydrogens (tertiary/aromatic N) is 1. The minimum atomic E-state index is -0.333. The zero-order valence-corrected chi connectivity index (χ0v) is 15.6. The zero-order chi connectivity index (χ0) is 18.7. The first kappa shape index (κ1) is 18.4. The predicted octanol–water partition coefficient (Wildman–Crippen LogP) is 4.50. The van der Waals surface area contributed by atoms with E-state index < -0.39 is 0 Å². The largest absolute Gasteiger partial charge is 0.322 e. The van der Waals surface area contributed by atoms with Crippen LogP contribution in [-0.2, 0) is 4.79 Å². The lowest BCUT2D eigenvalue weighted by molar-refractivity contribution is -0.122. The number of hydrogen-bond acceptors (Lipinski definition) is 3. The van der Waals surface area contributed by atoms with E-state index in [0.717, 1.165) is 18.4 Å². The van der Waals surface area contributed by atoms with Gasteiger partial charge in [0.15, 0.2) is 0 Å². The molecule has 0 saturated heterocycles. The predicted molar refractivity (Wildman–Crippen MR) is 104 cm³/mol. The maximum absolute atomic E-state index is 12.4. The summed E-state index contributed by atoms with van der Waals surface area (Å²) in [6.07, 6.45) is 1.85. The molecule has 1 aliphatic rings. The molecular weight excluding hydrogens is 373 g/mol. The van der Waals surface area contributed by atoms with Crippen molar-refractivity contribution in [2.45, 2.75) is 19.8 Å². The maximum atomic E-state index is 12.4. The minimum absolute atomic E-state index is 0.0498. The third kappa shape index (κ3) is 4.62. The second-order valence-electron chi connectivity index (χ2n) is 6.11. The van der Waals surface area contributed by atoms with Gasteiger partial charge in [0.05, 0.1) is 16.3 Å². The van der Waals surface area contributed by atoms with E-state index in [1.807, 2.05) is 6.07 Å². The molecule has 2 aromatic carbocycles. The lowest BCUT2D eigenvalue weighted by atomic mass is 10.1. The second-order valence-corrected chi connectivity index (χ2v) is 6.95. The van der Waals surface area contributed by atoms with Gasteiger partial charge in [-0.1, -0.05) is 35.3 Å². The molecule has 0 heterocycles. The number of hydrazone groups is 1. The van der Waals surface area contributed by atoms with Gasteiger partial charge in [0, 0.05) is 16.6 Å². The first-order chi connectivity index (χ1) is 12.4. The van der Waals surface area contributed by atoms with Gasteiger partial charge in [-0.05, 0) is 55.7 Å². The lowest BCUT2D eigenvalue weighted by Gasteiger charge is -2.09. The third-order valence-corrected chi connectivity index (χ3v) is 4.54. The highest BCUT2D eigenvalue weighted by Gasteiger charge is 2.29. The smallest absolute Gasteiger partial charge is 0.257 e. The van der Waals surface area contributed by atoms with Crippen LogP contribution in [0.2, 0.25) is 10.0 Å². The number of hydrogen-bond donors (Lipinski definition) is 2. The van der Waals surface area contributed by atoms with Crippen LogP contribution in [0.4, 0.5) is 5.69 Å². The summed E-state index contributed by atoms with van der Waals surface area (Å²) < 4.78 is 0. The number of anilines is 1. The molecule has 0 unspecified atom stereocenters. The van der Waals surface area contributed by atoms with Crippen LogP contribution in [0, 0.1) is 5.92 Å². The molecular formula is C19H17Cl2N3O2. The summed E-state index contributed by atoms with van der Waals surface area (Å²) in [5.41, 5.74) is 4.95. The Kier molecular flexibility index (Phi) is 5.59. The highest BCUT2D eigenvalue weighted by molar-refractivity contribution is 6.37. The Balaban J connectivity index is 1.71. The van der Waals surface area contributed by atoms with Crippen LogP contribution in [0.25, 0.3) is 0 Å². The number of carbonyl (C=O) groups is 2. The molecule has 2 N–H and O–H groups in total. The number of nitrogens with one attached hydrogen (secondary N) is 2. The minimum Gasteiger partial charge on any atom is -0.322 e. The van der Waals surface area contributed by atoms with Gasteiger partial charge < -0.3 is 5.32 Å². The summed E-state index contributed by atoms with van der Waals surface area (Å²) >= 11 is 11.9. The van der Waals surface area contributed by atoms with E-state index in [-0.39, 0.29) is 22.8 Å². The van der Waals surface area contributed by atoms with E-state index in [9.17, 15) is 9.59 Å².